The van der Waals surface area contributed by atoms with Crippen LogP contribution in [0.5, 0.6) is 5.75 Å². The molecular weight excluding hydrogens is 324 g/mol. The smallest absolute Gasteiger partial charge is 0.371 e. The van der Waals surface area contributed by atoms with Gasteiger partial charge in [0.25, 0.3) is 0 Å². The first-order valence-corrected chi connectivity index (χ1v) is 8.07. The SMILES string of the molecule is Cc1oc(C(=O)O)cc1COc1ccc2c3c(c(=O)oc2c1)CCC3. The van der Waals surface area contributed by atoms with Crippen LogP contribution in [0.15, 0.2) is 37.9 Å². The number of fused-ring (bicyclic) bond motifs is 3. The largest absolute Gasteiger partial charge is 0.489 e. The summed E-state index contributed by atoms with van der Waals surface area (Å²) in [6.07, 6.45) is 2.64. The van der Waals surface area contributed by atoms with Crippen LogP contribution in [0.1, 0.15) is 39.4 Å². The quantitative estimate of drug-likeness (QED) is 0.732. The summed E-state index contributed by atoms with van der Waals surface area (Å²) in [6, 6.07) is 6.88. The fraction of sp³-hybridized carbons (Fsp3) is 0.263. The van der Waals surface area contributed by atoms with E-state index in [1.165, 1.54) is 6.07 Å². The summed E-state index contributed by atoms with van der Waals surface area (Å²) in [5.74, 6) is -0.180. The van der Waals surface area contributed by atoms with E-state index in [1.54, 1.807) is 13.0 Å². The maximum Gasteiger partial charge on any atom is 0.371 e. The summed E-state index contributed by atoms with van der Waals surface area (Å²) in [6.45, 7) is 1.86. The van der Waals surface area contributed by atoms with Gasteiger partial charge in [0.15, 0.2) is 0 Å². The molecule has 0 unspecified atom stereocenters. The predicted molar refractivity (Wildman–Crippen MR) is 89.2 cm³/mol. The highest BCUT2D eigenvalue weighted by atomic mass is 16.5. The summed E-state index contributed by atoms with van der Waals surface area (Å²) >= 11 is 0. The van der Waals surface area contributed by atoms with Crippen molar-refractivity contribution in [3.8, 4) is 5.75 Å². The molecule has 4 rings (SSSR count). The standard InChI is InChI=1S/C19H16O6/c1-10-11(7-17(24-10)18(20)21)9-23-12-5-6-14-13-3-2-4-15(13)19(22)25-16(14)8-12/h5-8H,2-4,9H2,1H3,(H,20,21). The minimum Gasteiger partial charge on any atom is -0.489 e. The minimum absolute atomic E-state index is 0.115. The van der Waals surface area contributed by atoms with Crippen molar-refractivity contribution in [2.45, 2.75) is 32.8 Å². The zero-order valence-corrected chi connectivity index (χ0v) is 13.6. The van der Waals surface area contributed by atoms with Crippen LogP contribution in [-0.4, -0.2) is 11.1 Å². The van der Waals surface area contributed by atoms with E-state index in [-0.39, 0.29) is 18.0 Å². The van der Waals surface area contributed by atoms with Gasteiger partial charge in [-0.3, -0.25) is 0 Å². The number of aromatic carboxylic acids is 1. The van der Waals surface area contributed by atoms with Gasteiger partial charge in [-0.1, -0.05) is 0 Å². The van der Waals surface area contributed by atoms with Crippen molar-refractivity contribution in [2.24, 2.45) is 0 Å². The molecule has 0 radical (unpaired) electrons. The maximum atomic E-state index is 12.1. The lowest BCUT2D eigenvalue weighted by Crippen LogP contribution is -2.06. The number of hydrogen-bond acceptors (Lipinski definition) is 5. The van der Waals surface area contributed by atoms with Crippen molar-refractivity contribution in [3.63, 3.8) is 0 Å². The van der Waals surface area contributed by atoms with Crippen molar-refractivity contribution in [1.82, 2.24) is 0 Å². The van der Waals surface area contributed by atoms with E-state index in [1.807, 2.05) is 12.1 Å². The van der Waals surface area contributed by atoms with Gasteiger partial charge in [-0.15, -0.1) is 0 Å². The normalized spacial score (nSPS) is 13.2. The Kier molecular flexibility index (Phi) is 3.60. The number of furan rings is 1. The van der Waals surface area contributed by atoms with Gasteiger partial charge in [0.05, 0.1) is 0 Å². The van der Waals surface area contributed by atoms with Gasteiger partial charge in [-0.05, 0) is 49.9 Å². The Morgan fingerprint density at radius 1 is 1.20 bits per heavy atom. The Bertz CT molecular complexity index is 1040. The Morgan fingerprint density at radius 2 is 2.00 bits per heavy atom. The van der Waals surface area contributed by atoms with E-state index >= 15 is 0 Å². The maximum absolute atomic E-state index is 12.1. The average Bonchev–Trinajstić information content (AvgIpc) is 3.20. The lowest BCUT2D eigenvalue weighted by Gasteiger charge is -2.08. The van der Waals surface area contributed by atoms with Crippen molar-refractivity contribution >= 4 is 16.9 Å². The molecular formula is C19H16O6. The van der Waals surface area contributed by atoms with E-state index < -0.39 is 5.97 Å². The molecule has 1 aliphatic rings. The number of aryl methyl sites for hydroxylation is 2. The zero-order valence-electron chi connectivity index (χ0n) is 13.6. The van der Waals surface area contributed by atoms with Gasteiger partial charge in [0.1, 0.15) is 23.7 Å². The molecule has 128 valence electrons. The molecule has 25 heavy (non-hydrogen) atoms. The van der Waals surface area contributed by atoms with Crippen molar-refractivity contribution in [2.75, 3.05) is 0 Å². The van der Waals surface area contributed by atoms with Crippen LogP contribution in [0, 0.1) is 6.92 Å². The van der Waals surface area contributed by atoms with Gasteiger partial charge in [0, 0.05) is 22.6 Å². The summed E-state index contributed by atoms with van der Waals surface area (Å²) in [7, 11) is 0. The number of ether oxygens (including phenoxy) is 1. The second kappa shape index (κ2) is 5.81. The summed E-state index contributed by atoms with van der Waals surface area (Å²) < 4.78 is 16.3. The number of carboxylic acids is 1. The van der Waals surface area contributed by atoms with E-state index in [0.717, 1.165) is 35.8 Å². The van der Waals surface area contributed by atoms with Crippen LogP contribution in [0.25, 0.3) is 11.0 Å². The Hall–Kier alpha value is -3.02. The minimum atomic E-state index is -1.12. The van der Waals surface area contributed by atoms with Crippen molar-refractivity contribution in [3.05, 3.63) is 62.9 Å². The van der Waals surface area contributed by atoms with Gasteiger partial charge in [-0.2, -0.15) is 0 Å². The Morgan fingerprint density at radius 3 is 2.76 bits per heavy atom. The molecule has 0 saturated heterocycles. The molecule has 3 aromatic rings. The number of benzene rings is 1. The first-order valence-electron chi connectivity index (χ1n) is 8.07. The van der Waals surface area contributed by atoms with Crippen LogP contribution in [0.3, 0.4) is 0 Å². The molecule has 1 aliphatic carbocycles. The Balaban J connectivity index is 1.61. The lowest BCUT2D eigenvalue weighted by atomic mass is 10.1. The van der Waals surface area contributed by atoms with Gasteiger partial charge < -0.3 is 18.7 Å². The molecule has 0 saturated carbocycles. The molecule has 0 spiro atoms. The van der Waals surface area contributed by atoms with E-state index in [2.05, 4.69) is 0 Å². The van der Waals surface area contributed by atoms with Crippen LogP contribution < -0.4 is 10.4 Å². The topological polar surface area (TPSA) is 89.9 Å². The molecule has 1 aromatic carbocycles. The van der Waals surface area contributed by atoms with E-state index in [0.29, 0.717) is 22.7 Å². The van der Waals surface area contributed by atoms with Crippen LogP contribution in [0.4, 0.5) is 0 Å². The van der Waals surface area contributed by atoms with Crippen LogP contribution in [-0.2, 0) is 19.4 Å². The number of hydrogen-bond donors (Lipinski definition) is 1. The molecule has 0 amide bonds. The predicted octanol–water partition coefficient (Wildman–Crippen LogP) is 3.46. The molecule has 0 atom stereocenters. The molecule has 2 aromatic heterocycles. The highest BCUT2D eigenvalue weighted by Gasteiger charge is 2.20. The third-order valence-corrected chi connectivity index (χ3v) is 4.57. The summed E-state index contributed by atoms with van der Waals surface area (Å²) in [4.78, 5) is 23.0. The van der Waals surface area contributed by atoms with Crippen molar-refractivity contribution in [1.29, 1.82) is 0 Å². The molecule has 2 heterocycles. The third kappa shape index (κ3) is 2.69. The van der Waals surface area contributed by atoms with E-state index in [9.17, 15) is 9.59 Å². The first kappa shape index (κ1) is 15.5. The highest BCUT2D eigenvalue weighted by molar-refractivity contribution is 5.85. The molecule has 0 fully saturated rings. The van der Waals surface area contributed by atoms with Crippen molar-refractivity contribution < 1.29 is 23.5 Å². The molecule has 0 bridgehead atoms. The molecule has 0 aliphatic heterocycles. The highest BCUT2D eigenvalue weighted by Crippen LogP contribution is 2.30. The molecule has 6 nitrogen and oxygen atoms in total. The molecule has 1 N–H and O–H groups in total. The fourth-order valence-electron chi connectivity index (χ4n) is 3.28. The Labute approximate surface area is 142 Å². The van der Waals surface area contributed by atoms with Crippen LogP contribution >= 0.6 is 0 Å². The third-order valence-electron chi connectivity index (χ3n) is 4.57. The number of rotatable bonds is 4. The van der Waals surface area contributed by atoms with Gasteiger partial charge in [-0.25, -0.2) is 9.59 Å². The number of carboxylic acid groups (broad SMARTS) is 1. The second-order valence-electron chi connectivity index (χ2n) is 6.14. The first-order chi connectivity index (χ1) is 12.0. The van der Waals surface area contributed by atoms with Gasteiger partial charge in [0.2, 0.25) is 5.76 Å². The lowest BCUT2D eigenvalue weighted by molar-refractivity contribution is 0.0661. The zero-order chi connectivity index (χ0) is 17.6. The van der Waals surface area contributed by atoms with Crippen LogP contribution in [0.2, 0.25) is 0 Å². The number of carbonyl (C=O) groups is 1. The molecule has 6 heteroatoms. The second-order valence-corrected chi connectivity index (χ2v) is 6.14. The average molecular weight is 340 g/mol. The fourth-order valence-corrected chi connectivity index (χ4v) is 3.28. The monoisotopic (exact) mass is 340 g/mol. The summed E-state index contributed by atoms with van der Waals surface area (Å²) in [5, 5.41) is 9.90. The van der Waals surface area contributed by atoms with Gasteiger partial charge >= 0.3 is 11.6 Å². The summed E-state index contributed by atoms with van der Waals surface area (Å²) in [5.41, 5.74) is 2.77. The van der Waals surface area contributed by atoms with E-state index in [4.69, 9.17) is 18.7 Å².